The van der Waals surface area contributed by atoms with Crippen LogP contribution in [0.1, 0.15) is 17.3 Å². The molecular weight excluding hydrogens is 255 g/mol. The summed E-state index contributed by atoms with van der Waals surface area (Å²) >= 11 is 8.58. The number of benzene rings is 1. The Morgan fingerprint density at radius 1 is 1.62 bits per heavy atom. The summed E-state index contributed by atoms with van der Waals surface area (Å²) in [7, 11) is 0. The molecule has 1 rings (SSSR count). The number of halogens is 2. The molecule has 0 N–H and O–H groups in total. The zero-order valence-electron chi connectivity index (χ0n) is 7.01. The van der Waals surface area contributed by atoms with Crippen LogP contribution < -0.4 is 4.74 Å². The first kappa shape index (κ1) is 10.5. The van der Waals surface area contributed by atoms with E-state index in [1.54, 1.807) is 18.2 Å². The molecule has 0 aromatic heterocycles. The molecule has 0 saturated carbocycles. The molecule has 1 aromatic rings. The van der Waals surface area contributed by atoms with Crippen LogP contribution in [0.25, 0.3) is 0 Å². The van der Waals surface area contributed by atoms with Crippen LogP contribution in [-0.2, 0) is 0 Å². The van der Waals surface area contributed by atoms with Crippen molar-refractivity contribution in [2.24, 2.45) is 0 Å². The van der Waals surface area contributed by atoms with Gasteiger partial charge in [0.05, 0.1) is 11.1 Å². The van der Waals surface area contributed by atoms with Gasteiger partial charge < -0.3 is 4.74 Å². The van der Waals surface area contributed by atoms with Crippen molar-refractivity contribution in [3.63, 3.8) is 0 Å². The Hall–Kier alpha value is -0.540. The highest BCUT2D eigenvalue weighted by Crippen LogP contribution is 2.26. The Bertz CT molecular complexity index is 325. The summed E-state index contributed by atoms with van der Waals surface area (Å²) in [5.41, 5.74) is 0.456. The topological polar surface area (TPSA) is 26.3 Å². The average molecular weight is 264 g/mol. The molecule has 0 saturated heterocycles. The van der Waals surface area contributed by atoms with Gasteiger partial charge in [0.15, 0.2) is 0 Å². The number of hydrogen-bond donors (Lipinski definition) is 0. The molecule has 0 spiro atoms. The number of ether oxygens (including phenoxy) is 1. The van der Waals surface area contributed by atoms with Crippen molar-refractivity contribution in [3.05, 3.63) is 28.2 Å². The normalized spacial score (nSPS) is 9.77. The van der Waals surface area contributed by atoms with Gasteiger partial charge >= 0.3 is 0 Å². The molecule has 0 unspecified atom stereocenters. The SMILES string of the molecule is CCOc1ccc(C(=O)Cl)cc1Br. The summed E-state index contributed by atoms with van der Waals surface area (Å²) in [5, 5.41) is -0.469. The molecule has 0 bridgehead atoms. The maximum absolute atomic E-state index is 10.8. The second-order valence-electron chi connectivity index (χ2n) is 2.35. The largest absolute Gasteiger partial charge is 0.493 e. The highest BCUT2D eigenvalue weighted by atomic mass is 79.9. The molecule has 4 heteroatoms. The first-order chi connectivity index (χ1) is 6.15. The van der Waals surface area contributed by atoms with E-state index in [1.165, 1.54) is 0 Å². The van der Waals surface area contributed by atoms with Gasteiger partial charge in [-0.1, -0.05) is 0 Å². The number of rotatable bonds is 3. The molecule has 1 aromatic carbocycles. The van der Waals surface area contributed by atoms with E-state index in [2.05, 4.69) is 15.9 Å². The molecule has 0 fully saturated rings. The second kappa shape index (κ2) is 4.63. The van der Waals surface area contributed by atoms with Crippen LogP contribution >= 0.6 is 27.5 Å². The molecule has 0 atom stereocenters. The van der Waals surface area contributed by atoms with Gasteiger partial charge in [0.1, 0.15) is 5.75 Å². The highest BCUT2D eigenvalue weighted by Gasteiger charge is 2.05. The fourth-order valence-corrected chi connectivity index (χ4v) is 1.51. The molecule has 0 amide bonds. The van der Waals surface area contributed by atoms with Crippen LogP contribution in [0.3, 0.4) is 0 Å². The fraction of sp³-hybridized carbons (Fsp3) is 0.222. The molecule has 0 heterocycles. The van der Waals surface area contributed by atoms with Crippen molar-refractivity contribution >= 4 is 32.8 Å². The lowest BCUT2D eigenvalue weighted by molar-refractivity contribution is 0.108. The summed E-state index contributed by atoms with van der Waals surface area (Å²) in [6, 6.07) is 4.98. The van der Waals surface area contributed by atoms with Crippen molar-refractivity contribution in [1.82, 2.24) is 0 Å². The highest BCUT2D eigenvalue weighted by molar-refractivity contribution is 9.10. The standard InChI is InChI=1S/C9H8BrClO2/c1-2-13-8-4-3-6(9(11)12)5-7(8)10/h3-5H,2H2,1H3. The maximum Gasteiger partial charge on any atom is 0.252 e. The van der Waals surface area contributed by atoms with E-state index in [-0.39, 0.29) is 0 Å². The van der Waals surface area contributed by atoms with Gasteiger partial charge in [0.25, 0.3) is 5.24 Å². The third-order valence-electron chi connectivity index (χ3n) is 1.46. The van der Waals surface area contributed by atoms with Gasteiger partial charge in [-0.2, -0.15) is 0 Å². The first-order valence-electron chi connectivity index (χ1n) is 3.77. The van der Waals surface area contributed by atoms with Crippen LogP contribution in [0.4, 0.5) is 0 Å². The van der Waals surface area contributed by atoms with Crippen LogP contribution in [0.15, 0.2) is 22.7 Å². The Kier molecular flexibility index (Phi) is 3.75. The third kappa shape index (κ3) is 2.71. The van der Waals surface area contributed by atoms with E-state index in [0.29, 0.717) is 17.9 Å². The lowest BCUT2D eigenvalue weighted by Crippen LogP contribution is -1.94. The van der Waals surface area contributed by atoms with Crippen LogP contribution in [-0.4, -0.2) is 11.8 Å². The Balaban J connectivity index is 2.98. The minimum atomic E-state index is -0.469. The predicted octanol–water partition coefficient (Wildman–Crippen LogP) is 3.23. The molecule has 0 aliphatic carbocycles. The van der Waals surface area contributed by atoms with E-state index in [4.69, 9.17) is 16.3 Å². The van der Waals surface area contributed by atoms with Gasteiger partial charge in [-0.05, 0) is 52.7 Å². The number of hydrogen-bond acceptors (Lipinski definition) is 2. The van der Waals surface area contributed by atoms with Crippen LogP contribution in [0.2, 0.25) is 0 Å². The van der Waals surface area contributed by atoms with Gasteiger partial charge in [-0.25, -0.2) is 0 Å². The lowest BCUT2D eigenvalue weighted by atomic mass is 10.2. The first-order valence-corrected chi connectivity index (χ1v) is 4.94. The number of carbonyl (C=O) groups excluding carboxylic acids is 1. The molecule has 0 aliphatic heterocycles. The van der Waals surface area contributed by atoms with E-state index in [1.807, 2.05) is 6.92 Å². The van der Waals surface area contributed by atoms with E-state index >= 15 is 0 Å². The van der Waals surface area contributed by atoms with E-state index in [9.17, 15) is 4.79 Å². The summed E-state index contributed by atoms with van der Waals surface area (Å²) in [6.45, 7) is 2.49. The fourth-order valence-electron chi connectivity index (χ4n) is 0.896. The van der Waals surface area contributed by atoms with Gasteiger partial charge in [-0.3, -0.25) is 4.79 Å². The molecule has 2 nitrogen and oxygen atoms in total. The van der Waals surface area contributed by atoms with Crippen molar-refractivity contribution < 1.29 is 9.53 Å². The quantitative estimate of drug-likeness (QED) is 0.783. The zero-order chi connectivity index (χ0) is 9.84. The molecule has 0 aliphatic rings. The Morgan fingerprint density at radius 2 is 2.31 bits per heavy atom. The summed E-state index contributed by atoms with van der Waals surface area (Å²) in [5.74, 6) is 0.712. The lowest BCUT2D eigenvalue weighted by Gasteiger charge is -2.05. The number of carbonyl (C=O) groups is 1. The molecular formula is C9H8BrClO2. The van der Waals surface area contributed by atoms with Gasteiger partial charge in [0, 0.05) is 5.56 Å². The smallest absolute Gasteiger partial charge is 0.252 e. The van der Waals surface area contributed by atoms with Crippen LogP contribution in [0.5, 0.6) is 5.75 Å². The van der Waals surface area contributed by atoms with Crippen molar-refractivity contribution in [3.8, 4) is 5.75 Å². The summed E-state index contributed by atoms with van der Waals surface area (Å²) in [6.07, 6.45) is 0. The minimum absolute atomic E-state index is 0.456. The van der Waals surface area contributed by atoms with E-state index < -0.39 is 5.24 Å². The van der Waals surface area contributed by atoms with Gasteiger partial charge in [0.2, 0.25) is 0 Å². The van der Waals surface area contributed by atoms with Crippen molar-refractivity contribution in [1.29, 1.82) is 0 Å². The predicted molar refractivity (Wildman–Crippen MR) is 55.5 cm³/mol. The monoisotopic (exact) mass is 262 g/mol. The third-order valence-corrected chi connectivity index (χ3v) is 2.30. The maximum atomic E-state index is 10.8. The average Bonchev–Trinajstić information content (AvgIpc) is 2.08. The molecule has 0 radical (unpaired) electrons. The Labute approximate surface area is 90.0 Å². The zero-order valence-corrected chi connectivity index (χ0v) is 9.35. The summed E-state index contributed by atoms with van der Waals surface area (Å²) in [4.78, 5) is 10.8. The van der Waals surface area contributed by atoms with Crippen LogP contribution in [0, 0.1) is 0 Å². The van der Waals surface area contributed by atoms with Crippen molar-refractivity contribution in [2.45, 2.75) is 6.92 Å². The van der Waals surface area contributed by atoms with Gasteiger partial charge in [-0.15, -0.1) is 0 Å². The summed E-state index contributed by atoms with van der Waals surface area (Å²) < 4.78 is 6.01. The second-order valence-corrected chi connectivity index (χ2v) is 3.55. The Morgan fingerprint density at radius 3 is 2.77 bits per heavy atom. The van der Waals surface area contributed by atoms with E-state index in [0.717, 1.165) is 4.47 Å². The minimum Gasteiger partial charge on any atom is -0.493 e. The molecule has 70 valence electrons. The van der Waals surface area contributed by atoms with Crippen molar-refractivity contribution in [2.75, 3.05) is 6.61 Å². The molecule has 13 heavy (non-hydrogen) atoms.